The van der Waals surface area contributed by atoms with Crippen molar-refractivity contribution < 1.29 is 9.13 Å². The minimum Gasteiger partial charge on any atom is -0.376 e. The van der Waals surface area contributed by atoms with E-state index in [1.54, 1.807) is 24.4 Å². The number of morpholine rings is 1. The smallest absolute Gasteiger partial charge is 0.168 e. The van der Waals surface area contributed by atoms with Crippen molar-refractivity contribution in [3.63, 3.8) is 0 Å². The molecule has 1 aliphatic rings. The van der Waals surface area contributed by atoms with Crippen molar-refractivity contribution in [3.05, 3.63) is 78.0 Å². The molecule has 1 aliphatic heterocycles. The number of anilines is 1. The lowest BCUT2D eigenvalue weighted by molar-refractivity contribution is -0.0212. The van der Waals surface area contributed by atoms with Crippen molar-refractivity contribution in [2.75, 3.05) is 25.0 Å². The summed E-state index contributed by atoms with van der Waals surface area (Å²) in [5.41, 5.74) is 3.36. The molecule has 8 heteroatoms. The standard InChI is InChI=1S/C24H25FN6O/c1-17-14-30(9-10-32-17)15-19-6-4-5-18(11-19)12-26-23-20-13-29-31(24(20)28-16-27-23)22-8-3-2-7-21(22)25/h2-8,11,13,16-17H,9-10,12,14-15H2,1H3,(H,26,27,28). The second-order valence-electron chi connectivity index (χ2n) is 8.06. The molecule has 0 aliphatic carbocycles. The molecule has 5 rings (SSSR count). The summed E-state index contributed by atoms with van der Waals surface area (Å²) in [5.74, 6) is 0.321. The van der Waals surface area contributed by atoms with E-state index in [0.717, 1.165) is 37.2 Å². The topological polar surface area (TPSA) is 68.1 Å². The number of rotatable bonds is 6. The molecule has 2 aromatic heterocycles. The zero-order chi connectivity index (χ0) is 21.9. The molecule has 0 amide bonds. The fourth-order valence-corrected chi connectivity index (χ4v) is 4.10. The van der Waals surface area contributed by atoms with Crippen LogP contribution in [0.5, 0.6) is 0 Å². The second-order valence-corrected chi connectivity index (χ2v) is 8.06. The molecule has 0 bridgehead atoms. The highest BCUT2D eigenvalue weighted by Gasteiger charge is 2.17. The van der Waals surface area contributed by atoms with Crippen LogP contribution in [0.1, 0.15) is 18.1 Å². The summed E-state index contributed by atoms with van der Waals surface area (Å²) < 4.78 is 21.4. The van der Waals surface area contributed by atoms with Crippen molar-refractivity contribution >= 4 is 16.9 Å². The highest BCUT2D eigenvalue weighted by Crippen LogP contribution is 2.23. The van der Waals surface area contributed by atoms with Gasteiger partial charge in [-0.3, -0.25) is 4.90 Å². The predicted molar refractivity (Wildman–Crippen MR) is 121 cm³/mol. The van der Waals surface area contributed by atoms with Gasteiger partial charge in [-0.2, -0.15) is 5.10 Å². The molecule has 0 radical (unpaired) electrons. The van der Waals surface area contributed by atoms with E-state index >= 15 is 0 Å². The Morgan fingerprint density at radius 2 is 2.00 bits per heavy atom. The third kappa shape index (κ3) is 4.32. The number of nitrogens with one attached hydrogen (secondary N) is 1. The first-order valence-corrected chi connectivity index (χ1v) is 10.8. The van der Waals surface area contributed by atoms with Gasteiger partial charge in [0.1, 0.15) is 23.6 Å². The number of benzene rings is 2. The average molecular weight is 433 g/mol. The third-order valence-electron chi connectivity index (χ3n) is 5.63. The molecule has 1 N–H and O–H groups in total. The number of hydrogen-bond acceptors (Lipinski definition) is 6. The molecule has 1 atom stereocenters. The number of hydrogen-bond donors (Lipinski definition) is 1. The highest BCUT2D eigenvalue weighted by molar-refractivity contribution is 5.87. The van der Waals surface area contributed by atoms with Gasteiger partial charge in [-0.15, -0.1) is 0 Å². The molecule has 0 saturated carbocycles. The summed E-state index contributed by atoms with van der Waals surface area (Å²) in [5, 5.41) is 8.48. The first-order valence-electron chi connectivity index (χ1n) is 10.8. The minimum atomic E-state index is -0.350. The van der Waals surface area contributed by atoms with E-state index in [4.69, 9.17) is 4.74 Å². The summed E-state index contributed by atoms with van der Waals surface area (Å²) in [6.45, 7) is 6.33. The zero-order valence-corrected chi connectivity index (χ0v) is 17.9. The van der Waals surface area contributed by atoms with Gasteiger partial charge in [-0.25, -0.2) is 19.0 Å². The summed E-state index contributed by atoms with van der Waals surface area (Å²) >= 11 is 0. The Balaban J connectivity index is 1.32. The molecule has 4 aromatic rings. The maximum Gasteiger partial charge on any atom is 0.168 e. The maximum absolute atomic E-state index is 14.2. The predicted octanol–water partition coefficient (Wildman–Crippen LogP) is 3.79. The van der Waals surface area contributed by atoms with Crippen LogP contribution in [0, 0.1) is 5.82 Å². The molecule has 2 aromatic carbocycles. The van der Waals surface area contributed by atoms with Crippen LogP contribution in [0.3, 0.4) is 0 Å². The van der Waals surface area contributed by atoms with Gasteiger partial charge in [-0.1, -0.05) is 36.4 Å². The highest BCUT2D eigenvalue weighted by atomic mass is 19.1. The van der Waals surface area contributed by atoms with Gasteiger partial charge in [0.2, 0.25) is 0 Å². The summed E-state index contributed by atoms with van der Waals surface area (Å²) in [6, 6.07) is 15.1. The SMILES string of the molecule is CC1CN(Cc2cccc(CNc3ncnc4c3cnn4-c3ccccc3F)c2)CCO1. The molecule has 0 spiro atoms. The lowest BCUT2D eigenvalue weighted by atomic mass is 10.1. The Morgan fingerprint density at radius 3 is 2.88 bits per heavy atom. The van der Waals surface area contributed by atoms with Gasteiger partial charge in [0, 0.05) is 26.2 Å². The van der Waals surface area contributed by atoms with E-state index in [2.05, 4.69) is 56.5 Å². The van der Waals surface area contributed by atoms with Gasteiger partial charge < -0.3 is 10.1 Å². The van der Waals surface area contributed by atoms with Crippen molar-refractivity contribution in [1.82, 2.24) is 24.6 Å². The second kappa shape index (κ2) is 9.02. The van der Waals surface area contributed by atoms with Gasteiger partial charge in [0.05, 0.1) is 24.3 Å². The molecular weight excluding hydrogens is 407 g/mol. The Morgan fingerprint density at radius 1 is 1.12 bits per heavy atom. The van der Waals surface area contributed by atoms with Gasteiger partial charge in [0.15, 0.2) is 5.65 Å². The van der Waals surface area contributed by atoms with Crippen LogP contribution < -0.4 is 5.32 Å². The van der Waals surface area contributed by atoms with E-state index < -0.39 is 0 Å². The molecule has 1 unspecified atom stereocenters. The lowest BCUT2D eigenvalue weighted by Crippen LogP contribution is -2.40. The van der Waals surface area contributed by atoms with Gasteiger partial charge in [-0.05, 0) is 30.2 Å². The number of para-hydroxylation sites is 1. The van der Waals surface area contributed by atoms with Crippen molar-refractivity contribution in [2.24, 2.45) is 0 Å². The van der Waals surface area contributed by atoms with E-state index in [9.17, 15) is 4.39 Å². The van der Waals surface area contributed by atoms with Crippen LogP contribution in [0.25, 0.3) is 16.7 Å². The Labute approximate surface area is 185 Å². The van der Waals surface area contributed by atoms with Crippen LogP contribution in [0.2, 0.25) is 0 Å². The molecule has 1 saturated heterocycles. The first kappa shape index (κ1) is 20.5. The van der Waals surface area contributed by atoms with Crippen LogP contribution >= 0.6 is 0 Å². The quantitative estimate of drug-likeness (QED) is 0.500. The van der Waals surface area contributed by atoms with E-state index in [-0.39, 0.29) is 11.9 Å². The van der Waals surface area contributed by atoms with Gasteiger partial charge >= 0.3 is 0 Å². The van der Waals surface area contributed by atoms with Crippen LogP contribution in [0.4, 0.5) is 10.2 Å². The van der Waals surface area contributed by atoms with Crippen molar-refractivity contribution in [2.45, 2.75) is 26.1 Å². The normalized spacial score (nSPS) is 17.0. The van der Waals surface area contributed by atoms with E-state index in [1.165, 1.54) is 22.6 Å². The summed E-state index contributed by atoms with van der Waals surface area (Å²) in [6.07, 6.45) is 3.42. The number of aromatic nitrogens is 4. The Kier molecular flexibility index (Phi) is 5.79. The molecule has 1 fully saturated rings. The molecule has 32 heavy (non-hydrogen) atoms. The molecule has 164 valence electrons. The first-order chi connectivity index (χ1) is 15.7. The minimum absolute atomic E-state index is 0.277. The Hall–Kier alpha value is -3.36. The van der Waals surface area contributed by atoms with E-state index in [1.807, 2.05) is 0 Å². The largest absolute Gasteiger partial charge is 0.376 e. The van der Waals surface area contributed by atoms with Crippen molar-refractivity contribution in [3.8, 4) is 5.69 Å². The monoisotopic (exact) mass is 432 g/mol. The summed E-state index contributed by atoms with van der Waals surface area (Å²) in [4.78, 5) is 11.1. The third-order valence-corrected chi connectivity index (χ3v) is 5.63. The fourth-order valence-electron chi connectivity index (χ4n) is 4.10. The molecular formula is C24H25FN6O. The Bertz CT molecular complexity index is 1230. The maximum atomic E-state index is 14.2. The average Bonchev–Trinajstić information content (AvgIpc) is 3.23. The number of nitrogens with zero attached hydrogens (tertiary/aromatic N) is 5. The summed E-state index contributed by atoms with van der Waals surface area (Å²) in [7, 11) is 0. The van der Waals surface area contributed by atoms with Crippen LogP contribution in [-0.4, -0.2) is 50.4 Å². The van der Waals surface area contributed by atoms with E-state index in [0.29, 0.717) is 23.7 Å². The number of ether oxygens (including phenoxy) is 1. The fraction of sp³-hybridized carbons (Fsp3) is 0.292. The van der Waals surface area contributed by atoms with Crippen LogP contribution in [0.15, 0.2) is 61.1 Å². The number of fused-ring (bicyclic) bond motifs is 1. The van der Waals surface area contributed by atoms with Crippen molar-refractivity contribution in [1.29, 1.82) is 0 Å². The van der Waals surface area contributed by atoms with Gasteiger partial charge in [0.25, 0.3) is 0 Å². The lowest BCUT2D eigenvalue weighted by Gasteiger charge is -2.31. The van der Waals surface area contributed by atoms with Crippen LogP contribution in [-0.2, 0) is 17.8 Å². The zero-order valence-electron chi connectivity index (χ0n) is 17.9. The molecule has 7 nitrogen and oxygen atoms in total. The molecule has 3 heterocycles. The number of halogens is 1.